The molecule has 18 heteroatoms. The Morgan fingerprint density at radius 1 is 0.909 bits per heavy atom. The van der Waals surface area contributed by atoms with Gasteiger partial charge in [-0.15, -0.1) is 23.1 Å². The Morgan fingerprint density at radius 3 is 2.11 bits per heavy atom. The van der Waals surface area contributed by atoms with E-state index in [1.54, 1.807) is 43.0 Å². The summed E-state index contributed by atoms with van der Waals surface area (Å²) in [5, 5.41) is 8.77. The van der Waals surface area contributed by atoms with Crippen LogP contribution in [0.25, 0.3) is 5.57 Å². The molecule has 4 heterocycles. The summed E-state index contributed by atoms with van der Waals surface area (Å²) < 4.78 is 37.2. The smallest absolute Gasteiger partial charge is 0.359 e. The predicted octanol–water partition coefficient (Wildman–Crippen LogP) is 7.79. The van der Waals surface area contributed by atoms with Gasteiger partial charge in [-0.25, -0.2) is 14.3 Å². The number of amides is 2. The normalized spacial score (nSPS) is 16.3. The van der Waals surface area contributed by atoms with Crippen molar-refractivity contribution in [2.24, 2.45) is 7.05 Å². The van der Waals surface area contributed by atoms with Crippen molar-refractivity contribution in [1.82, 2.24) is 20.2 Å². The van der Waals surface area contributed by atoms with Crippen LogP contribution in [0.4, 0.5) is 5.13 Å². The van der Waals surface area contributed by atoms with Crippen molar-refractivity contribution in [1.29, 1.82) is 0 Å². The largest absolute Gasteiger partial charge is 0.497 e. The van der Waals surface area contributed by atoms with E-state index < -0.39 is 42.3 Å². The lowest BCUT2D eigenvalue weighted by atomic mass is 9.77. The van der Waals surface area contributed by atoms with E-state index in [1.165, 1.54) is 54.0 Å². The molecular formula is C48H46N6O8PS3+. The van der Waals surface area contributed by atoms with Gasteiger partial charge in [-0.2, -0.15) is 0 Å². The van der Waals surface area contributed by atoms with Crippen LogP contribution in [0.15, 0.2) is 161 Å². The zero-order valence-corrected chi connectivity index (χ0v) is 39.7. The highest BCUT2D eigenvalue weighted by molar-refractivity contribution is 8.01. The molecule has 2 aliphatic heterocycles. The third kappa shape index (κ3) is 9.73. The number of hydrogen-bond donors (Lipinski definition) is 2. The van der Waals surface area contributed by atoms with Crippen LogP contribution >= 0.6 is 42.5 Å². The van der Waals surface area contributed by atoms with Crippen LogP contribution in [0.3, 0.4) is 0 Å². The van der Waals surface area contributed by atoms with E-state index in [4.69, 9.17) is 23.5 Å². The molecule has 2 aliphatic rings. The van der Waals surface area contributed by atoms with Gasteiger partial charge in [-0.3, -0.25) is 19.1 Å². The SMILES string of the molecule is COc1ccc(COC(=O)C2=C(CSc3nccc[n+]3C)CS[C@@H]3[C@H](NC(=O)/C(=C\P(=O)(OC)OC)c4csc(NC(c5ccccc5)(c5ccccc5)c5ccccc5)n4)C(=O)N23)cc1. The first-order valence-electron chi connectivity index (χ1n) is 20.6. The maximum absolute atomic E-state index is 14.5. The van der Waals surface area contributed by atoms with Gasteiger partial charge in [-0.05, 0) is 56.7 Å². The van der Waals surface area contributed by atoms with Crippen LogP contribution < -0.4 is 19.9 Å². The van der Waals surface area contributed by atoms with Crippen molar-refractivity contribution in [3.63, 3.8) is 0 Å². The quantitative estimate of drug-likeness (QED) is 0.0126. The Morgan fingerprint density at radius 2 is 1.53 bits per heavy atom. The van der Waals surface area contributed by atoms with E-state index >= 15 is 0 Å². The number of nitrogens with zero attached hydrogens (tertiary/aromatic N) is 4. The fraction of sp³-hybridized carbons (Fsp3) is 0.208. The average Bonchev–Trinajstić information content (AvgIpc) is 3.84. The number of thioether (sulfide) groups is 2. The molecule has 14 nitrogen and oxygen atoms in total. The van der Waals surface area contributed by atoms with Crippen LogP contribution in [-0.4, -0.2) is 76.9 Å². The maximum Gasteiger partial charge on any atom is 0.359 e. The summed E-state index contributed by atoms with van der Waals surface area (Å²) in [5.74, 6) is 0.583. The number of esters is 1. The van der Waals surface area contributed by atoms with Gasteiger partial charge < -0.3 is 29.2 Å². The van der Waals surface area contributed by atoms with E-state index in [2.05, 4.69) is 15.6 Å². The molecule has 0 saturated carbocycles. The number of fused-ring (bicyclic) bond motifs is 1. The van der Waals surface area contributed by atoms with Gasteiger partial charge in [0.25, 0.3) is 11.8 Å². The molecule has 1 fully saturated rings. The summed E-state index contributed by atoms with van der Waals surface area (Å²) in [6.45, 7) is -0.0389. The molecule has 0 aliphatic carbocycles. The summed E-state index contributed by atoms with van der Waals surface area (Å²) >= 11 is 4.09. The molecule has 0 radical (unpaired) electrons. The van der Waals surface area contributed by atoms with Crippen LogP contribution in [0, 0.1) is 0 Å². The molecule has 2 atom stereocenters. The van der Waals surface area contributed by atoms with Crippen molar-refractivity contribution in [3.05, 3.63) is 184 Å². The lowest BCUT2D eigenvalue weighted by Gasteiger charge is -2.49. The predicted molar refractivity (Wildman–Crippen MR) is 256 cm³/mol. The number of carbonyl (C=O) groups is 3. The molecule has 2 aromatic heterocycles. The van der Waals surface area contributed by atoms with Gasteiger partial charge in [0.15, 0.2) is 5.13 Å². The number of aryl methyl sites for hydroxylation is 1. The summed E-state index contributed by atoms with van der Waals surface area (Å²) in [6.07, 6.45) is 3.57. The molecule has 66 heavy (non-hydrogen) atoms. The number of thiazole rings is 1. The second-order valence-corrected chi connectivity index (χ2v) is 20.0. The van der Waals surface area contributed by atoms with Gasteiger partial charge in [0.05, 0.1) is 31.6 Å². The van der Waals surface area contributed by atoms with Crippen LogP contribution in [0.1, 0.15) is 27.9 Å². The van der Waals surface area contributed by atoms with Crippen molar-refractivity contribution in [3.8, 4) is 5.75 Å². The highest BCUT2D eigenvalue weighted by atomic mass is 32.2. The molecule has 4 aromatic carbocycles. The Balaban J connectivity index is 1.08. The monoisotopic (exact) mass is 961 g/mol. The standard InChI is InChI=1S/C48H45N6O8PS3/c1-53-26-14-25-49-47(53)66-30-33-29-64-44-40(43(56)54(44)41(33)45(57)62-27-32-21-23-37(59-2)24-22-32)51-42(55)38(28-63(58,60-3)61-4)39-31-65-46(50-39)52-48(34-15-8-5-9-16-34,35-17-10-6-11-18-35)36-19-12-7-13-20-36/h5-26,28,31,40,44H,27,29-30H2,1-4H3,(H-,50,51,52,55)/p+1/b38-28-/t40-,44-/m1/s1. The van der Waals surface area contributed by atoms with Crippen LogP contribution in [0.5, 0.6) is 5.75 Å². The van der Waals surface area contributed by atoms with Crippen LogP contribution in [-0.2, 0) is 51.9 Å². The van der Waals surface area contributed by atoms with Gasteiger partial charge in [0, 0.05) is 43.0 Å². The third-order valence-corrected chi connectivity index (χ3v) is 15.9. The lowest BCUT2D eigenvalue weighted by Crippen LogP contribution is -2.70. The zero-order valence-electron chi connectivity index (χ0n) is 36.4. The molecule has 2 amide bonds. The number of anilines is 1. The lowest BCUT2D eigenvalue weighted by molar-refractivity contribution is -0.713. The molecule has 338 valence electrons. The van der Waals surface area contributed by atoms with E-state index in [0.29, 0.717) is 28.0 Å². The minimum absolute atomic E-state index is 0.0389. The molecule has 1 saturated heterocycles. The number of aromatic nitrogens is 3. The number of carbonyl (C=O) groups excluding carboxylic acids is 3. The Labute approximate surface area is 395 Å². The van der Waals surface area contributed by atoms with Crippen molar-refractivity contribution >= 4 is 70.9 Å². The highest BCUT2D eigenvalue weighted by Crippen LogP contribution is 2.51. The summed E-state index contributed by atoms with van der Waals surface area (Å²) in [5.41, 5.74) is 3.50. The summed E-state index contributed by atoms with van der Waals surface area (Å²) in [7, 11) is 1.90. The Bertz CT molecular complexity index is 2710. The average molecular weight is 962 g/mol. The fourth-order valence-corrected chi connectivity index (χ4v) is 11.7. The first-order valence-corrected chi connectivity index (χ1v) is 25.2. The number of benzene rings is 4. The Hall–Kier alpha value is -6.07. The molecule has 2 N–H and O–H groups in total. The van der Waals surface area contributed by atoms with Gasteiger partial charge in [0.1, 0.15) is 41.2 Å². The fourth-order valence-electron chi connectivity index (χ4n) is 7.64. The minimum Gasteiger partial charge on any atom is -0.497 e. The molecule has 8 rings (SSSR count). The van der Waals surface area contributed by atoms with Gasteiger partial charge >= 0.3 is 18.7 Å². The number of nitrogens with one attached hydrogen (secondary N) is 2. The van der Waals surface area contributed by atoms with E-state index in [9.17, 15) is 18.9 Å². The van der Waals surface area contributed by atoms with Crippen molar-refractivity contribution in [2.75, 3.05) is 38.2 Å². The topological polar surface area (TPSA) is 162 Å². The van der Waals surface area contributed by atoms with Crippen molar-refractivity contribution < 1.29 is 42.0 Å². The van der Waals surface area contributed by atoms with E-state index in [0.717, 1.165) is 33.2 Å². The van der Waals surface area contributed by atoms with Gasteiger partial charge in [-0.1, -0.05) is 103 Å². The summed E-state index contributed by atoms with van der Waals surface area (Å²) in [6, 6.07) is 37.9. The maximum atomic E-state index is 14.5. The number of β-lactam (4-membered cyclic amide) rings is 1. The molecular weight excluding hydrogens is 916 g/mol. The van der Waals surface area contributed by atoms with Gasteiger partial charge in [0.2, 0.25) is 0 Å². The zero-order chi connectivity index (χ0) is 46.3. The second kappa shape index (κ2) is 20.6. The first-order chi connectivity index (χ1) is 32.1. The number of methoxy groups -OCH3 is 1. The molecule has 0 spiro atoms. The number of hydrogen-bond acceptors (Lipinski definition) is 14. The molecule has 6 aromatic rings. The highest BCUT2D eigenvalue weighted by Gasteiger charge is 2.55. The molecule has 0 unspecified atom stereocenters. The number of rotatable bonds is 18. The second-order valence-electron chi connectivity index (χ2n) is 15.0. The number of ether oxygens (including phenoxy) is 2. The molecule has 0 bridgehead atoms. The van der Waals surface area contributed by atoms with E-state index in [1.807, 2.05) is 115 Å². The minimum atomic E-state index is -3.98. The summed E-state index contributed by atoms with van der Waals surface area (Å²) in [4.78, 5) is 53.6. The first kappa shape index (κ1) is 46.5. The Kier molecular flexibility index (Phi) is 14.5. The van der Waals surface area contributed by atoms with Crippen LogP contribution in [0.2, 0.25) is 0 Å². The van der Waals surface area contributed by atoms with Crippen molar-refractivity contribution in [2.45, 2.75) is 28.7 Å². The van der Waals surface area contributed by atoms with E-state index in [-0.39, 0.29) is 23.6 Å². The third-order valence-electron chi connectivity index (χ3n) is 11.0.